The molecule has 4 nitrogen and oxygen atoms in total. The lowest BCUT2D eigenvalue weighted by atomic mass is 10.6. The van der Waals surface area contributed by atoms with Gasteiger partial charge < -0.3 is 9.91 Å². The minimum Gasteiger partial charge on any atom is -0.360 e. The molecule has 0 aromatic heterocycles. The molecule has 0 aromatic carbocycles. The van der Waals surface area contributed by atoms with Crippen LogP contribution >= 0.6 is 0 Å². The van der Waals surface area contributed by atoms with Crippen molar-refractivity contribution >= 4 is 12.1 Å². The largest absolute Gasteiger partial charge is 0.360 e. The van der Waals surface area contributed by atoms with E-state index in [-0.39, 0.29) is 0 Å². The van der Waals surface area contributed by atoms with Crippen molar-refractivity contribution in [1.29, 1.82) is 0 Å². The highest BCUT2D eigenvalue weighted by atomic mass is 15.4. The second kappa shape index (κ2) is 4.71. The predicted octanol–water partition coefficient (Wildman–Crippen LogP) is 0.124. The Morgan fingerprint density at radius 3 is 2.00 bits per heavy atom. The first-order valence-electron chi connectivity index (χ1n) is 3.43. The minimum absolute atomic E-state index is 0.845. The molecule has 0 saturated carbocycles. The first-order valence-corrected chi connectivity index (χ1v) is 3.43. The number of aliphatic imine (C=N–C) groups is 1. The molecule has 0 amide bonds. The Morgan fingerprint density at radius 1 is 1.18 bits per heavy atom. The molecule has 0 unspecified atom stereocenters. The molecule has 0 aromatic rings. The monoisotopic (exact) mass is 156 g/mol. The van der Waals surface area contributed by atoms with Gasteiger partial charge in [-0.2, -0.15) is 5.10 Å². The van der Waals surface area contributed by atoms with Gasteiger partial charge in [-0.3, -0.25) is 4.99 Å². The van der Waals surface area contributed by atoms with Gasteiger partial charge in [0.2, 0.25) is 0 Å². The van der Waals surface area contributed by atoms with Crippen LogP contribution in [0.4, 0.5) is 0 Å². The molecular formula is C7H16N4. The molecule has 0 fully saturated rings. The summed E-state index contributed by atoms with van der Waals surface area (Å²) in [6.45, 7) is 0. The van der Waals surface area contributed by atoms with E-state index in [1.807, 2.05) is 33.1 Å². The third kappa shape index (κ3) is 4.36. The molecule has 0 rings (SSSR count). The average molecular weight is 156 g/mol. The van der Waals surface area contributed by atoms with E-state index in [4.69, 9.17) is 0 Å². The molecule has 0 radical (unpaired) electrons. The van der Waals surface area contributed by atoms with Crippen LogP contribution in [0, 0.1) is 0 Å². The molecule has 0 spiro atoms. The van der Waals surface area contributed by atoms with E-state index in [0.717, 1.165) is 5.84 Å². The van der Waals surface area contributed by atoms with Crippen LogP contribution in [0.1, 0.15) is 0 Å². The Morgan fingerprint density at radius 2 is 1.73 bits per heavy atom. The summed E-state index contributed by atoms with van der Waals surface area (Å²) in [6, 6.07) is 0. The summed E-state index contributed by atoms with van der Waals surface area (Å²) >= 11 is 0. The molecule has 64 valence electrons. The van der Waals surface area contributed by atoms with E-state index >= 15 is 0 Å². The van der Waals surface area contributed by atoms with Crippen LogP contribution in [0.5, 0.6) is 0 Å². The van der Waals surface area contributed by atoms with Gasteiger partial charge in [-0.1, -0.05) is 0 Å². The molecule has 0 atom stereocenters. The van der Waals surface area contributed by atoms with Gasteiger partial charge in [-0.25, -0.2) is 0 Å². The fourth-order valence-corrected chi connectivity index (χ4v) is 0.551. The first kappa shape index (κ1) is 9.94. The van der Waals surface area contributed by atoms with Crippen molar-refractivity contribution in [3.8, 4) is 0 Å². The maximum atomic E-state index is 4.19. The van der Waals surface area contributed by atoms with E-state index in [9.17, 15) is 0 Å². The molecule has 0 aliphatic heterocycles. The number of hydrogen-bond acceptors (Lipinski definition) is 3. The summed E-state index contributed by atoms with van der Waals surface area (Å²) < 4.78 is 0. The van der Waals surface area contributed by atoms with Gasteiger partial charge in [0.25, 0.3) is 0 Å². The van der Waals surface area contributed by atoms with Crippen molar-refractivity contribution in [2.24, 2.45) is 10.1 Å². The predicted molar refractivity (Wildman–Crippen MR) is 49.2 cm³/mol. The van der Waals surface area contributed by atoms with Gasteiger partial charge in [0.1, 0.15) is 0 Å². The maximum Gasteiger partial charge on any atom is 0.166 e. The Hall–Kier alpha value is -1.06. The highest BCUT2D eigenvalue weighted by molar-refractivity contribution is 6.29. The molecular weight excluding hydrogens is 140 g/mol. The van der Waals surface area contributed by atoms with E-state index < -0.39 is 0 Å². The van der Waals surface area contributed by atoms with Gasteiger partial charge in [0.05, 0.1) is 6.21 Å². The van der Waals surface area contributed by atoms with Crippen LogP contribution in [0.25, 0.3) is 0 Å². The molecule has 11 heavy (non-hydrogen) atoms. The van der Waals surface area contributed by atoms with Gasteiger partial charge in [-0.15, -0.1) is 0 Å². The number of hydrogen-bond donors (Lipinski definition) is 0. The minimum atomic E-state index is 0.845. The first-order chi connectivity index (χ1) is 5.07. The standard InChI is InChI=1S/C7H16N4/c1-8-6-7(10(2)3)9-11(4)5/h6H,1-5H3/b8-6?,9-7-. The SMILES string of the molecule is CN=C/C(=N/N(C)C)N(C)C. The Kier molecular flexibility index (Phi) is 4.26. The van der Waals surface area contributed by atoms with E-state index in [1.165, 1.54) is 0 Å². The highest BCUT2D eigenvalue weighted by Gasteiger charge is 1.96. The van der Waals surface area contributed by atoms with Crippen molar-refractivity contribution < 1.29 is 0 Å². The molecule has 0 N–H and O–H groups in total. The smallest absolute Gasteiger partial charge is 0.166 e. The Balaban J connectivity index is 4.33. The summed E-state index contributed by atoms with van der Waals surface area (Å²) in [5, 5.41) is 5.94. The second-order valence-electron chi connectivity index (χ2n) is 2.59. The molecule has 0 saturated heterocycles. The van der Waals surface area contributed by atoms with E-state index in [2.05, 4.69) is 10.1 Å². The molecule has 4 heteroatoms. The molecule has 0 aliphatic carbocycles. The zero-order valence-corrected chi connectivity index (χ0v) is 7.87. The quantitative estimate of drug-likeness (QED) is 0.323. The van der Waals surface area contributed by atoms with Crippen molar-refractivity contribution in [3.05, 3.63) is 0 Å². The maximum absolute atomic E-state index is 4.19. The molecule has 0 bridgehead atoms. The Bertz CT molecular complexity index is 158. The zero-order chi connectivity index (χ0) is 8.85. The van der Waals surface area contributed by atoms with Gasteiger partial charge in [-0.05, 0) is 0 Å². The van der Waals surface area contributed by atoms with Crippen molar-refractivity contribution in [3.63, 3.8) is 0 Å². The van der Waals surface area contributed by atoms with Crippen LogP contribution < -0.4 is 0 Å². The molecule has 0 heterocycles. The number of hydrazone groups is 1. The topological polar surface area (TPSA) is 31.2 Å². The third-order valence-electron chi connectivity index (χ3n) is 1.01. The van der Waals surface area contributed by atoms with Crippen LogP contribution in [0.2, 0.25) is 0 Å². The van der Waals surface area contributed by atoms with Crippen molar-refractivity contribution in [2.75, 3.05) is 35.2 Å². The summed E-state index contributed by atoms with van der Waals surface area (Å²) in [4.78, 5) is 5.80. The zero-order valence-electron chi connectivity index (χ0n) is 7.87. The Labute approximate surface area is 68.2 Å². The summed E-state index contributed by atoms with van der Waals surface area (Å²) in [5.41, 5.74) is 0. The van der Waals surface area contributed by atoms with Crippen LogP contribution in [0.3, 0.4) is 0 Å². The van der Waals surface area contributed by atoms with E-state index in [1.54, 1.807) is 18.3 Å². The third-order valence-corrected chi connectivity index (χ3v) is 1.01. The van der Waals surface area contributed by atoms with Crippen molar-refractivity contribution in [2.45, 2.75) is 0 Å². The number of rotatable bonds is 2. The lowest BCUT2D eigenvalue weighted by molar-refractivity contribution is 0.427. The van der Waals surface area contributed by atoms with Gasteiger partial charge in [0, 0.05) is 35.2 Å². The number of amidine groups is 1. The average Bonchev–Trinajstić information content (AvgIpc) is 1.86. The summed E-state index contributed by atoms with van der Waals surface area (Å²) in [6.07, 6.45) is 1.72. The molecule has 0 aliphatic rings. The lowest BCUT2D eigenvalue weighted by Gasteiger charge is -2.13. The van der Waals surface area contributed by atoms with Gasteiger partial charge in [0.15, 0.2) is 5.84 Å². The van der Waals surface area contributed by atoms with Crippen LogP contribution in [-0.4, -0.2) is 57.2 Å². The van der Waals surface area contributed by atoms with Gasteiger partial charge >= 0.3 is 0 Å². The van der Waals surface area contributed by atoms with Crippen molar-refractivity contribution in [1.82, 2.24) is 9.91 Å². The summed E-state index contributed by atoms with van der Waals surface area (Å²) in [5.74, 6) is 0.845. The van der Waals surface area contributed by atoms with E-state index in [0.29, 0.717) is 0 Å². The van der Waals surface area contributed by atoms with Crippen LogP contribution in [0.15, 0.2) is 10.1 Å². The fourth-order valence-electron chi connectivity index (χ4n) is 0.551. The summed E-state index contributed by atoms with van der Waals surface area (Å²) in [7, 11) is 9.36. The highest BCUT2D eigenvalue weighted by Crippen LogP contribution is 1.83. The lowest BCUT2D eigenvalue weighted by Crippen LogP contribution is -2.25. The second-order valence-corrected chi connectivity index (χ2v) is 2.59. The van der Waals surface area contributed by atoms with Crippen LogP contribution in [-0.2, 0) is 0 Å². The normalized spacial score (nSPS) is 12.3. The fraction of sp³-hybridized carbons (Fsp3) is 0.714. The number of nitrogens with zero attached hydrogens (tertiary/aromatic N) is 4.